The van der Waals surface area contributed by atoms with Crippen LogP contribution in [-0.2, 0) is 6.54 Å². The van der Waals surface area contributed by atoms with E-state index in [-0.39, 0.29) is 5.91 Å². The molecule has 22 heavy (non-hydrogen) atoms. The van der Waals surface area contributed by atoms with Gasteiger partial charge in [0.05, 0.1) is 0 Å². The van der Waals surface area contributed by atoms with Gasteiger partial charge >= 0.3 is 0 Å². The summed E-state index contributed by atoms with van der Waals surface area (Å²) in [4.78, 5) is 14.3. The van der Waals surface area contributed by atoms with Crippen molar-refractivity contribution in [3.05, 3.63) is 71.3 Å². The fourth-order valence-electron chi connectivity index (χ4n) is 2.41. The second kappa shape index (κ2) is 8.35. The van der Waals surface area contributed by atoms with E-state index in [0.29, 0.717) is 6.54 Å². The highest BCUT2D eigenvalue weighted by Crippen LogP contribution is 2.04. The number of hydrogen-bond donors (Lipinski definition) is 1. The summed E-state index contributed by atoms with van der Waals surface area (Å²) in [5, 5.41) is 2.98. The van der Waals surface area contributed by atoms with Gasteiger partial charge in [0.15, 0.2) is 0 Å². The lowest BCUT2D eigenvalue weighted by atomic mass is 10.1. The first-order chi connectivity index (χ1) is 10.6. The normalized spacial score (nSPS) is 10.7. The number of nitrogens with zero attached hydrogens (tertiary/aromatic N) is 1. The van der Waals surface area contributed by atoms with Crippen LogP contribution >= 0.6 is 0 Å². The maximum atomic E-state index is 12.0. The zero-order chi connectivity index (χ0) is 15.8. The SMILES string of the molecule is Cc1cccc(C(=O)NCCCN(C)Cc2ccccc2)c1. The maximum Gasteiger partial charge on any atom is 0.251 e. The first-order valence-electron chi connectivity index (χ1n) is 7.72. The van der Waals surface area contributed by atoms with E-state index >= 15 is 0 Å². The average Bonchev–Trinajstić information content (AvgIpc) is 2.52. The molecule has 0 bridgehead atoms. The van der Waals surface area contributed by atoms with E-state index in [1.54, 1.807) is 0 Å². The summed E-state index contributed by atoms with van der Waals surface area (Å²) in [7, 11) is 2.11. The smallest absolute Gasteiger partial charge is 0.251 e. The van der Waals surface area contributed by atoms with Crippen LogP contribution in [0, 0.1) is 6.92 Å². The molecule has 1 amide bonds. The van der Waals surface area contributed by atoms with Crippen molar-refractivity contribution in [3.8, 4) is 0 Å². The van der Waals surface area contributed by atoms with Crippen LogP contribution in [0.1, 0.15) is 27.9 Å². The molecule has 3 heteroatoms. The molecule has 0 saturated carbocycles. The molecule has 0 atom stereocenters. The third-order valence-electron chi connectivity index (χ3n) is 3.58. The Bertz CT molecular complexity index is 595. The molecule has 2 aromatic carbocycles. The zero-order valence-corrected chi connectivity index (χ0v) is 13.4. The van der Waals surface area contributed by atoms with Crippen LogP contribution in [0.2, 0.25) is 0 Å². The summed E-state index contributed by atoms with van der Waals surface area (Å²) in [6.07, 6.45) is 0.945. The summed E-state index contributed by atoms with van der Waals surface area (Å²) >= 11 is 0. The topological polar surface area (TPSA) is 32.3 Å². The minimum Gasteiger partial charge on any atom is -0.352 e. The molecule has 0 aliphatic carbocycles. The lowest BCUT2D eigenvalue weighted by molar-refractivity contribution is 0.0952. The van der Waals surface area contributed by atoms with E-state index in [9.17, 15) is 4.79 Å². The van der Waals surface area contributed by atoms with Crippen molar-refractivity contribution in [2.45, 2.75) is 19.9 Å². The molecular formula is C19H24N2O. The molecule has 0 spiro atoms. The minimum atomic E-state index is 0.00872. The molecule has 1 N–H and O–H groups in total. The van der Waals surface area contributed by atoms with E-state index in [0.717, 1.165) is 30.6 Å². The van der Waals surface area contributed by atoms with Gasteiger partial charge in [-0.2, -0.15) is 0 Å². The molecule has 0 aromatic heterocycles. The molecular weight excluding hydrogens is 272 g/mol. The van der Waals surface area contributed by atoms with Crippen molar-refractivity contribution in [3.63, 3.8) is 0 Å². The molecule has 2 rings (SSSR count). The largest absolute Gasteiger partial charge is 0.352 e. The highest BCUT2D eigenvalue weighted by molar-refractivity contribution is 5.94. The molecule has 116 valence electrons. The van der Waals surface area contributed by atoms with Crippen LogP contribution < -0.4 is 5.32 Å². The third-order valence-corrected chi connectivity index (χ3v) is 3.58. The van der Waals surface area contributed by atoms with Crippen LogP contribution in [0.25, 0.3) is 0 Å². The Morgan fingerprint density at radius 3 is 2.59 bits per heavy atom. The van der Waals surface area contributed by atoms with Crippen LogP contribution in [0.15, 0.2) is 54.6 Å². The monoisotopic (exact) mass is 296 g/mol. The van der Waals surface area contributed by atoms with Crippen molar-refractivity contribution in [2.24, 2.45) is 0 Å². The highest BCUT2D eigenvalue weighted by atomic mass is 16.1. The predicted octanol–water partition coefficient (Wildman–Crippen LogP) is 3.25. The number of carbonyl (C=O) groups excluding carboxylic acids is 1. The van der Waals surface area contributed by atoms with Gasteiger partial charge in [-0.25, -0.2) is 0 Å². The van der Waals surface area contributed by atoms with Crippen LogP contribution in [0.4, 0.5) is 0 Å². The lowest BCUT2D eigenvalue weighted by Crippen LogP contribution is -2.28. The highest BCUT2D eigenvalue weighted by Gasteiger charge is 2.05. The van der Waals surface area contributed by atoms with Crippen molar-refractivity contribution < 1.29 is 4.79 Å². The Balaban J connectivity index is 1.67. The molecule has 0 radical (unpaired) electrons. The third kappa shape index (κ3) is 5.34. The van der Waals surface area contributed by atoms with E-state index in [2.05, 4.69) is 41.5 Å². The van der Waals surface area contributed by atoms with E-state index < -0.39 is 0 Å². The number of nitrogens with one attached hydrogen (secondary N) is 1. The van der Waals surface area contributed by atoms with Crippen LogP contribution in [0.3, 0.4) is 0 Å². The van der Waals surface area contributed by atoms with Gasteiger partial charge in [-0.05, 0) is 44.6 Å². The van der Waals surface area contributed by atoms with Crippen molar-refractivity contribution in [1.29, 1.82) is 0 Å². The fraction of sp³-hybridized carbons (Fsp3) is 0.316. The van der Waals surface area contributed by atoms with Gasteiger partial charge < -0.3 is 10.2 Å². The Kier molecular flexibility index (Phi) is 6.16. The fourth-order valence-corrected chi connectivity index (χ4v) is 2.41. The molecule has 0 aliphatic rings. The molecule has 3 nitrogen and oxygen atoms in total. The number of rotatable bonds is 7. The summed E-state index contributed by atoms with van der Waals surface area (Å²) < 4.78 is 0. The second-order valence-electron chi connectivity index (χ2n) is 5.70. The Morgan fingerprint density at radius 2 is 1.86 bits per heavy atom. The lowest BCUT2D eigenvalue weighted by Gasteiger charge is -2.16. The van der Waals surface area contributed by atoms with Gasteiger partial charge in [0.25, 0.3) is 5.91 Å². The second-order valence-corrected chi connectivity index (χ2v) is 5.70. The van der Waals surface area contributed by atoms with Gasteiger partial charge in [-0.3, -0.25) is 4.79 Å². The Hall–Kier alpha value is -2.13. The maximum absolute atomic E-state index is 12.0. The van der Waals surface area contributed by atoms with Gasteiger partial charge in [0.1, 0.15) is 0 Å². The van der Waals surface area contributed by atoms with Crippen LogP contribution in [0.5, 0.6) is 0 Å². The number of hydrogen-bond acceptors (Lipinski definition) is 2. The molecule has 2 aromatic rings. The summed E-state index contributed by atoms with van der Waals surface area (Å²) in [5.41, 5.74) is 3.15. The van der Waals surface area contributed by atoms with Crippen molar-refractivity contribution in [2.75, 3.05) is 20.1 Å². The molecule has 0 aliphatic heterocycles. The van der Waals surface area contributed by atoms with Gasteiger partial charge in [0, 0.05) is 18.7 Å². The zero-order valence-electron chi connectivity index (χ0n) is 13.4. The number of carbonyl (C=O) groups is 1. The number of amides is 1. The molecule has 0 unspecified atom stereocenters. The predicted molar refractivity (Wildman–Crippen MR) is 90.9 cm³/mol. The van der Waals surface area contributed by atoms with Crippen LogP contribution in [-0.4, -0.2) is 30.9 Å². The first kappa shape index (κ1) is 16.2. The van der Waals surface area contributed by atoms with E-state index in [4.69, 9.17) is 0 Å². The Morgan fingerprint density at radius 1 is 1.09 bits per heavy atom. The van der Waals surface area contributed by atoms with Gasteiger partial charge in [-0.1, -0.05) is 48.0 Å². The molecule has 0 fully saturated rings. The average molecular weight is 296 g/mol. The number of aryl methyl sites for hydroxylation is 1. The Labute approximate surface area is 133 Å². The van der Waals surface area contributed by atoms with Gasteiger partial charge in [-0.15, -0.1) is 0 Å². The standard InChI is InChI=1S/C19H24N2O/c1-16-8-6-11-18(14-16)19(22)20-12-7-13-21(2)15-17-9-4-3-5-10-17/h3-6,8-11,14H,7,12-13,15H2,1-2H3,(H,20,22). The number of benzene rings is 2. The summed E-state index contributed by atoms with van der Waals surface area (Å²) in [6, 6.07) is 18.1. The minimum absolute atomic E-state index is 0.00872. The van der Waals surface area contributed by atoms with Crippen molar-refractivity contribution in [1.82, 2.24) is 10.2 Å². The van der Waals surface area contributed by atoms with E-state index in [1.165, 1.54) is 5.56 Å². The quantitative estimate of drug-likeness (QED) is 0.796. The first-order valence-corrected chi connectivity index (χ1v) is 7.72. The van der Waals surface area contributed by atoms with E-state index in [1.807, 2.05) is 37.3 Å². The van der Waals surface area contributed by atoms with Crippen molar-refractivity contribution >= 4 is 5.91 Å². The summed E-state index contributed by atoms with van der Waals surface area (Å²) in [6.45, 7) is 4.59. The summed E-state index contributed by atoms with van der Waals surface area (Å²) in [5.74, 6) is 0.00872. The molecule has 0 heterocycles. The molecule has 0 saturated heterocycles. The van der Waals surface area contributed by atoms with Gasteiger partial charge in [0.2, 0.25) is 0 Å².